The number of carbonyl (C=O) groups is 3. The highest BCUT2D eigenvalue weighted by Gasteiger charge is 2.72. The van der Waals surface area contributed by atoms with Crippen LogP contribution >= 0.6 is 0 Å². The molecule has 7 atom stereocenters. The second-order valence-corrected chi connectivity index (χ2v) is 12.7. The molecule has 6 rings (SSSR count). The number of rotatable bonds is 8. The lowest BCUT2D eigenvalue weighted by Gasteiger charge is -2.36. The molecular weight excluding hydrogens is 530 g/mol. The van der Waals surface area contributed by atoms with Gasteiger partial charge in [0, 0.05) is 18.3 Å². The van der Waals surface area contributed by atoms with Crippen LogP contribution in [-0.2, 0) is 25.7 Å². The Labute approximate surface area is 247 Å². The molecule has 8 nitrogen and oxygen atoms in total. The number of fused-ring (bicyclic) bond motifs is 1. The van der Waals surface area contributed by atoms with E-state index in [1.54, 1.807) is 12.0 Å². The van der Waals surface area contributed by atoms with Crippen LogP contribution in [0.25, 0.3) is 0 Å². The number of amides is 3. The minimum Gasteiger partial charge on any atom is -0.497 e. The Kier molecular flexibility index (Phi) is 7.60. The van der Waals surface area contributed by atoms with Crippen LogP contribution in [0.5, 0.6) is 5.75 Å². The standard InChI is InChI=1S/C34H41N3O5/c1-20(2)23-11-13-24(14-12-23)35-31(38)28-27-17-18-34(42-27)29(28)33(40)37(19-22-9-15-25(41-4)16-10-22)30(34)32(39)36-26-8-6-5-7-21(26)3/h9-18,20-21,26-30H,5-8,19H2,1-4H3,(H,35,38)(H,36,39)/t21-,26+,27+,28-,29+,30+,34+/m1/s1. The van der Waals surface area contributed by atoms with E-state index in [0.717, 1.165) is 31.2 Å². The summed E-state index contributed by atoms with van der Waals surface area (Å²) in [6.07, 6.45) is 7.37. The van der Waals surface area contributed by atoms with Crippen molar-refractivity contribution in [2.45, 2.75) is 82.7 Å². The van der Waals surface area contributed by atoms with Crippen molar-refractivity contribution in [1.82, 2.24) is 10.2 Å². The van der Waals surface area contributed by atoms with Crippen LogP contribution in [-0.4, -0.2) is 53.5 Å². The summed E-state index contributed by atoms with van der Waals surface area (Å²) in [5.41, 5.74) is 1.53. The van der Waals surface area contributed by atoms with E-state index >= 15 is 0 Å². The number of benzene rings is 2. The van der Waals surface area contributed by atoms with Crippen molar-refractivity contribution in [1.29, 1.82) is 0 Å². The van der Waals surface area contributed by atoms with E-state index in [1.807, 2.05) is 60.7 Å². The third-order valence-corrected chi connectivity index (χ3v) is 9.72. The average molecular weight is 572 g/mol. The summed E-state index contributed by atoms with van der Waals surface area (Å²) in [6, 6.07) is 14.4. The van der Waals surface area contributed by atoms with E-state index in [1.165, 1.54) is 5.56 Å². The van der Waals surface area contributed by atoms with E-state index in [4.69, 9.17) is 9.47 Å². The molecular formula is C34H41N3O5. The maximum atomic E-state index is 14.3. The van der Waals surface area contributed by atoms with Gasteiger partial charge in [-0.05, 0) is 60.1 Å². The summed E-state index contributed by atoms with van der Waals surface area (Å²) in [6.45, 7) is 6.64. The minimum atomic E-state index is -1.19. The fraction of sp³-hybridized carbons (Fsp3) is 0.500. The SMILES string of the molecule is COc1ccc(CN2C(=O)[C@@H]3[C@H](C(=O)Nc4ccc(C(C)C)cc4)[C@@H]4C=C[C@@]3(O4)[C@@H]2C(=O)N[C@H]2CCCC[C@H]2C)cc1. The number of carbonyl (C=O) groups excluding carboxylic acids is 3. The van der Waals surface area contributed by atoms with Crippen molar-refractivity contribution in [2.75, 3.05) is 12.4 Å². The van der Waals surface area contributed by atoms with Crippen LogP contribution < -0.4 is 15.4 Å². The van der Waals surface area contributed by atoms with Gasteiger partial charge >= 0.3 is 0 Å². The molecule has 1 aliphatic carbocycles. The highest BCUT2D eigenvalue weighted by Crippen LogP contribution is 2.55. The second kappa shape index (κ2) is 11.2. The maximum Gasteiger partial charge on any atom is 0.246 e. The molecule has 0 unspecified atom stereocenters. The van der Waals surface area contributed by atoms with Crippen LogP contribution in [0.15, 0.2) is 60.7 Å². The van der Waals surface area contributed by atoms with Gasteiger partial charge in [-0.15, -0.1) is 0 Å². The van der Waals surface area contributed by atoms with Crippen molar-refractivity contribution in [2.24, 2.45) is 17.8 Å². The molecule has 3 heterocycles. The Hall–Kier alpha value is -3.65. The molecule has 0 aromatic heterocycles. The van der Waals surface area contributed by atoms with Gasteiger partial charge in [0.2, 0.25) is 17.7 Å². The van der Waals surface area contributed by atoms with Gasteiger partial charge in [0.15, 0.2) is 0 Å². The quantitative estimate of drug-likeness (QED) is 0.444. The van der Waals surface area contributed by atoms with E-state index in [-0.39, 0.29) is 30.3 Å². The summed E-state index contributed by atoms with van der Waals surface area (Å²) in [5, 5.41) is 6.31. The van der Waals surface area contributed by atoms with Gasteiger partial charge in [-0.3, -0.25) is 14.4 Å². The molecule has 42 heavy (non-hydrogen) atoms. The third kappa shape index (κ3) is 4.89. The molecule has 0 radical (unpaired) electrons. The normalized spacial score (nSPS) is 31.4. The van der Waals surface area contributed by atoms with Crippen LogP contribution in [0.2, 0.25) is 0 Å². The molecule has 1 saturated carbocycles. The molecule has 2 aromatic carbocycles. The van der Waals surface area contributed by atoms with Gasteiger partial charge in [0.25, 0.3) is 0 Å². The first-order valence-corrected chi connectivity index (χ1v) is 15.2. The first-order chi connectivity index (χ1) is 20.2. The fourth-order valence-electron chi connectivity index (χ4n) is 7.33. The molecule has 1 spiro atoms. The first kappa shape index (κ1) is 28.5. The lowest BCUT2D eigenvalue weighted by molar-refractivity contribution is -0.142. The average Bonchev–Trinajstić information content (AvgIpc) is 3.62. The Bertz CT molecular complexity index is 1370. The Morgan fingerprint density at radius 3 is 2.43 bits per heavy atom. The Morgan fingerprint density at radius 2 is 1.76 bits per heavy atom. The van der Waals surface area contributed by atoms with Crippen LogP contribution in [0.4, 0.5) is 5.69 Å². The summed E-state index contributed by atoms with van der Waals surface area (Å²) >= 11 is 0. The predicted octanol–water partition coefficient (Wildman–Crippen LogP) is 4.80. The number of likely N-dealkylation sites (tertiary alicyclic amines) is 1. The van der Waals surface area contributed by atoms with Crippen LogP contribution in [0, 0.1) is 17.8 Å². The third-order valence-electron chi connectivity index (χ3n) is 9.72. The highest BCUT2D eigenvalue weighted by atomic mass is 16.5. The summed E-state index contributed by atoms with van der Waals surface area (Å²) in [7, 11) is 1.61. The molecule has 2 aromatic rings. The predicted molar refractivity (Wildman–Crippen MR) is 160 cm³/mol. The number of hydrogen-bond donors (Lipinski definition) is 2. The van der Waals surface area contributed by atoms with Crippen molar-refractivity contribution >= 4 is 23.4 Å². The Morgan fingerprint density at radius 1 is 1.05 bits per heavy atom. The number of nitrogens with zero attached hydrogens (tertiary/aromatic N) is 1. The van der Waals surface area contributed by atoms with Gasteiger partial charge in [0.05, 0.1) is 25.0 Å². The topological polar surface area (TPSA) is 97.0 Å². The molecule has 3 amide bonds. The van der Waals surface area contributed by atoms with E-state index in [2.05, 4.69) is 31.4 Å². The summed E-state index contributed by atoms with van der Waals surface area (Å²) in [4.78, 5) is 43.8. The Balaban J connectivity index is 1.30. The van der Waals surface area contributed by atoms with Crippen molar-refractivity contribution < 1.29 is 23.9 Å². The zero-order valence-electron chi connectivity index (χ0n) is 24.8. The molecule has 3 aliphatic heterocycles. The zero-order valence-corrected chi connectivity index (χ0v) is 24.8. The number of hydrogen-bond acceptors (Lipinski definition) is 5. The van der Waals surface area contributed by atoms with Crippen LogP contribution in [0.1, 0.15) is 63.5 Å². The van der Waals surface area contributed by atoms with E-state index in [9.17, 15) is 14.4 Å². The molecule has 8 heteroatoms. The lowest BCUT2D eigenvalue weighted by atomic mass is 9.74. The maximum absolute atomic E-state index is 14.3. The molecule has 2 saturated heterocycles. The molecule has 4 aliphatic rings. The number of nitrogens with one attached hydrogen (secondary N) is 2. The smallest absolute Gasteiger partial charge is 0.246 e. The van der Waals surface area contributed by atoms with Gasteiger partial charge in [-0.1, -0.05) is 70.0 Å². The number of anilines is 1. The van der Waals surface area contributed by atoms with Crippen molar-refractivity contribution in [3.05, 3.63) is 71.8 Å². The largest absolute Gasteiger partial charge is 0.497 e. The molecule has 2 bridgehead atoms. The lowest BCUT2D eigenvalue weighted by Crippen LogP contribution is -2.57. The number of methoxy groups -OCH3 is 1. The number of ether oxygens (including phenoxy) is 2. The molecule has 2 N–H and O–H groups in total. The van der Waals surface area contributed by atoms with E-state index in [0.29, 0.717) is 23.3 Å². The minimum absolute atomic E-state index is 0.0510. The van der Waals surface area contributed by atoms with Gasteiger partial charge in [-0.2, -0.15) is 0 Å². The van der Waals surface area contributed by atoms with Crippen molar-refractivity contribution in [3.8, 4) is 5.75 Å². The fourth-order valence-corrected chi connectivity index (χ4v) is 7.33. The molecule has 222 valence electrons. The van der Waals surface area contributed by atoms with Gasteiger partial charge in [-0.25, -0.2) is 0 Å². The van der Waals surface area contributed by atoms with E-state index < -0.39 is 29.6 Å². The van der Waals surface area contributed by atoms with Crippen molar-refractivity contribution in [3.63, 3.8) is 0 Å². The summed E-state index contributed by atoms with van der Waals surface area (Å²) in [5.74, 6) is -0.791. The first-order valence-electron chi connectivity index (χ1n) is 15.2. The molecule has 3 fully saturated rings. The zero-order chi connectivity index (χ0) is 29.6. The summed E-state index contributed by atoms with van der Waals surface area (Å²) < 4.78 is 11.8. The second-order valence-electron chi connectivity index (χ2n) is 12.7. The highest BCUT2D eigenvalue weighted by molar-refractivity contribution is 6.02. The van der Waals surface area contributed by atoms with Gasteiger partial charge < -0.3 is 25.0 Å². The monoisotopic (exact) mass is 571 g/mol. The van der Waals surface area contributed by atoms with Gasteiger partial charge in [0.1, 0.15) is 17.4 Å². The van der Waals surface area contributed by atoms with Crippen LogP contribution in [0.3, 0.4) is 0 Å².